The van der Waals surface area contributed by atoms with Gasteiger partial charge < -0.3 is 9.47 Å². The van der Waals surface area contributed by atoms with Crippen molar-refractivity contribution >= 4 is 11.6 Å². The minimum absolute atomic E-state index is 0.0941. The quantitative estimate of drug-likeness (QED) is 0.794. The van der Waals surface area contributed by atoms with Crippen molar-refractivity contribution in [1.82, 2.24) is 4.98 Å². The first kappa shape index (κ1) is 14.3. The van der Waals surface area contributed by atoms with E-state index in [9.17, 15) is 9.59 Å². The summed E-state index contributed by atoms with van der Waals surface area (Å²) in [6, 6.07) is 8.62. The van der Waals surface area contributed by atoms with Gasteiger partial charge >= 0.3 is 0 Å². The largest absolute Gasteiger partial charge is 0.486 e. The Bertz CT molecular complexity index is 697. The maximum absolute atomic E-state index is 12.3. The van der Waals surface area contributed by atoms with Gasteiger partial charge in [-0.1, -0.05) is 6.07 Å². The lowest BCUT2D eigenvalue weighted by Gasteiger charge is -2.20. The van der Waals surface area contributed by atoms with E-state index in [1.54, 1.807) is 36.5 Å². The second kappa shape index (κ2) is 6.39. The Morgan fingerprint density at radius 3 is 2.64 bits per heavy atom. The molecular formula is C17H15NO4. The van der Waals surface area contributed by atoms with Crippen molar-refractivity contribution in [2.45, 2.75) is 12.8 Å². The van der Waals surface area contributed by atoms with Crippen molar-refractivity contribution in [3.8, 4) is 11.5 Å². The zero-order valence-electron chi connectivity index (χ0n) is 12.0. The number of Topliss-reactive ketones (excluding diaryl/α,β-unsaturated/α-hetero) is 2. The summed E-state index contributed by atoms with van der Waals surface area (Å²) in [6.45, 7) is 0.899. The van der Waals surface area contributed by atoms with Crippen LogP contribution in [0.15, 0.2) is 42.7 Å². The van der Waals surface area contributed by atoms with Gasteiger partial charge in [0.2, 0.25) is 0 Å². The summed E-state index contributed by atoms with van der Waals surface area (Å²) in [5, 5.41) is 0. The minimum atomic E-state index is -0.125. The van der Waals surface area contributed by atoms with Crippen molar-refractivity contribution in [3.05, 3.63) is 53.9 Å². The average molecular weight is 297 g/mol. The van der Waals surface area contributed by atoms with Crippen LogP contribution in [0.1, 0.15) is 33.6 Å². The average Bonchev–Trinajstić information content (AvgIpc) is 2.59. The molecule has 0 atom stereocenters. The van der Waals surface area contributed by atoms with Gasteiger partial charge in [-0.25, -0.2) is 0 Å². The molecule has 0 bridgehead atoms. The zero-order chi connectivity index (χ0) is 15.4. The highest BCUT2D eigenvalue weighted by molar-refractivity contribution is 6.03. The number of carbonyl (C=O) groups is 2. The lowest BCUT2D eigenvalue weighted by Crippen LogP contribution is -2.18. The first-order valence-corrected chi connectivity index (χ1v) is 7.11. The molecule has 0 amide bonds. The highest BCUT2D eigenvalue weighted by atomic mass is 16.6. The predicted molar refractivity (Wildman–Crippen MR) is 79.6 cm³/mol. The number of fused-ring (bicyclic) bond motifs is 1. The molecule has 0 saturated carbocycles. The van der Waals surface area contributed by atoms with E-state index in [1.165, 1.54) is 6.20 Å². The van der Waals surface area contributed by atoms with E-state index >= 15 is 0 Å². The molecule has 0 saturated heterocycles. The predicted octanol–water partition coefficient (Wildman–Crippen LogP) is 2.70. The molecule has 1 aliphatic heterocycles. The molecule has 2 heterocycles. The van der Waals surface area contributed by atoms with E-state index < -0.39 is 0 Å². The lowest BCUT2D eigenvalue weighted by atomic mass is 10.0. The molecule has 3 rings (SSSR count). The summed E-state index contributed by atoms with van der Waals surface area (Å²) >= 11 is 0. The van der Waals surface area contributed by atoms with E-state index in [1.807, 2.05) is 0 Å². The second-order valence-electron chi connectivity index (χ2n) is 4.92. The number of benzene rings is 1. The van der Waals surface area contributed by atoms with Crippen molar-refractivity contribution in [1.29, 1.82) is 0 Å². The van der Waals surface area contributed by atoms with Crippen LogP contribution in [0.25, 0.3) is 0 Å². The zero-order valence-corrected chi connectivity index (χ0v) is 12.0. The molecule has 0 aliphatic carbocycles. The van der Waals surface area contributed by atoms with Gasteiger partial charge in [-0.15, -0.1) is 0 Å². The van der Waals surface area contributed by atoms with E-state index in [4.69, 9.17) is 9.47 Å². The van der Waals surface area contributed by atoms with Gasteiger partial charge in [0.25, 0.3) is 0 Å². The summed E-state index contributed by atoms with van der Waals surface area (Å²) in [6.07, 6.45) is 3.40. The molecule has 0 spiro atoms. The topological polar surface area (TPSA) is 65.5 Å². The molecule has 1 aromatic carbocycles. The Balaban J connectivity index is 1.69. The monoisotopic (exact) mass is 297 g/mol. The summed E-state index contributed by atoms with van der Waals surface area (Å²) in [5.74, 6) is 0.839. The SMILES string of the molecule is O=C(CCC(=O)c1cccc2c1OCCO2)c1cccnc1. The van der Waals surface area contributed by atoms with Crippen LogP contribution in [-0.4, -0.2) is 29.8 Å². The number of para-hydroxylation sites is 1. The number of nitrogens with zero attached hydrogens (tertiary/aromatic N) is 1. The van der Waals surface area contributed by atoms with Crippen LogP contribution >= 0.6 is 0 Å². The summed E-state index contributed by atoms with van der Waals surface area (Å²) in [5.41, 5.74) is 0.987. The molecule has 0 radical (unpaired) electrons. The fraction of sp³-hybridized carbons (Fsp3) is 0.235. The molecule has 2 aromatic rings. The van der Waals surface area contributed by atoms with E-state index in [0.717, 1.165) is 0 Å². The van der Waals surface area contributed by atoms with Crippen LogP contribution in [0.5, 0.6) is 11.5 Å². The fourth-order valence-corrected chi connectivity index (χ4v) is 2.33. The number of rotatable bonds is 5. The molecule has 0 unspecified atom stereocenters. The van der Waals surface area contributed by atoms with Gasteiger partial charge in [-0.2, -0.15) is 0 Å². The van der Waals surface area contributed by atoms with Gasteiger partial charge in [0.05, 0.1) is 5.56 Å². The summed E-state index contributed by atoms with van der Waals surface area (Å²) in [7, 11) is 0. The maximum Gasteiger partial charge on any atom is 0.172 e. The third-order valence-corrected chi connectivity index (χ3v) is 3.43. The number of carbonyl (C=O) groups excluding carboxylic acids is 2. The van der Waals surface area contributed by atoms with Gasteiger partial charge in [0.1, 0.15) is 13.2 Å². The van der Waals surface area contributed by atoms with Crippen molar-refractivity contribution in [2.75, 3.05) is 13.2 Å². The third-order valence-electron chi connectivity index (χ3n) is 3.43. The van der Waals surface area contributed by atoms with E-state index in [0.29, 0.717) is 35.8 Å². The Kier molecular flexibility index (Phi) is 4.14. The molecule has 5 heteroatoms. The molecular weight excluding hydrogens is 282 g/mol. The van der Waals surface area contributed by atoms with E-state index in [-0.39, 0.29) is 24.4 Å². The highest BCUT2D eigenvalue weighted by Crippen LogP contribution is 2.34. The number of ketones is 2. The van der Waals surface area contributed by atoms with Crippen LogP contribution < -0.4 is 9.47 Å². The normalized spacial score (nSPS) is 12.7. The van der Waals surface area contributed by atoms with Crippen LogP contribution in [0.3, 0.4) is 0 Å². The molecule has 0 N–H and O–H groups in total. The van der Waals surface area contributed by atoms with Crippen molar-refractivity contribution in [2.24, 2.45) is 0 Å². The van der Waals surface area contributed by atoms with Gasteiger partial charge in [0, 0.05) is 30.8 Å². The highest BCUT2D eigenvalue weighted by Gasteiger charge is 2.20. The molecule has 1 aliphatic rings. The first-order valence-electron chi connectivity index (χ1n) is 7.11. The van der Waals surface area contributed by atoms with Crippen LogP contribution in [0.4, 0.5) is 0 Å². The lowest BCUT2D eigenvalue weighted by molar-refractivity contribution is 0.0911. The standard InChI is InChI=1S/C17H15NO4/c19-14(12-3-2-8-18-11-12)6-7-15(20)13-4-1-5-16-17(13)22-10-9-21-16/h1-5,8,11H,6-7,9-10H2. The summed E-state index contributed by atoms with van der Waals surface area (Å²) < 4.78 is 11.0. The van der Waals surface area contributed by atoms with Gasteiger partial charge in [-0.05, 0) is 24.3 Å². The van der Waals surface area contributed by atoms with Crippen LogP contribution in [0.2, 0.25) is 0 Å². The smallest absolute Gasteiger partial charge is 0.172 e. The van der Waals surface area contributed by atoms with Crippen molar-refractivity contribution in [3.63, 3.8) is 0 Å². The van der Waals surface area contributed by atoms with Crippen LogP contribution in [-0.2, 0) is 0 Å². The first-order chi connectivity index (χ1) is 10.8. The summed E-state index contributed by atoms with van der Waals surface area (Å²) in [4.78, 5) is 28.3. The fourth-order valence-electron chi connectivity index (χ4n) is 2.33. The number of ether oxygens (including phenoxy) is 2. The Labute approximate surface area is 127 Å². The molecule has 112 valence electrons. The van der Waals surface area contributed by atoms with Crippen LogP contribution in [0, 0.1) is 0 Å². The second-order valence-corrected chi connectivity index (χ2v) is 4.92. The Hall–Kier alpha value is -2.69. The Morgan fingerprint density at radius 2 is 1.82 bits per heavy atom. The van der Waals surface area contributed by atoms with Crippen molar-refractivity contribution < 1.29 is 19.1 Å². The Morgan fingerprint density at radius 1 is 1.00 bits per heavy atom. The molecule has 0 fully saturated rings. The number of pyridine rings is 1. The third kappa shape index (κ3) is 2.98. The maximum atomic E-state index is 12.3. The number of hydrogen-bond donors (Lipinski definition) is 0. The molecule has 5 nitrogen and oxygen atoms in total. The van der Waals surface area contributed by atoms with E-state index in [2.05, 4.69) is 4.98 Å². The minimum Gasteiger partial charge on any atom is -0.486 e. The van der Waals surface area contributed by atoms with Gasteiger partial charge in [0.15, 0.2) is 23.1 Å². The van der Waals surface area contributed by atoms with Gasteiger partial charge in [-0.3, -0.25) is 14.6 Å². The number of aromatic nitrogens is 1. The molecule has 22 heavy (non-hydrogen) atoms. The molecule has 1 aromatic heterocycles. The number of hydrogen-bond acceptors (Lipinski definition) is 5.